The first-order valence-electron chi connectivity index (χ1n) is 6.22. The fourth-order valence-corrected chi connectivity index (χ4v) is 4.02. The SMILES string of the molecule is O=C(CSc1nncs1)N1CCCc2cc(Br)ccc21. The number of fused-ring (bicyclic) bond motifs is 1. The lowest BCUT2D eigenvalue weighted by Gasteiger charge is -2.29. The molecule has 1 aromatic heterocycles. The van der Waals surface area contributed by atoms with E-state index in [0.29, 0.717) is 5.75 Å². The van der Waals surface area contributed by atoms with E-state index >= 15 is 0 Å². The number of halogens is 1. The van der Waals surface area contributed by atoms with Crippen molar-refractivity contribution in [2.75, 3.05) is 17.2 Å². The Bertz CT molecular complexity index is 618. The van der Waals surface area contributed by atoms with Crippen molar-refractivity contribution in [3.63, 3.8) is 0 Å². The third-order valence-electron chi connectivity index (χ3n) is 3.12. The molecule has 104 valence electrons. The van der Waals surface area contributed by atoms with Crippen LogP contribution in [0.4, 0.5) is 5.69 Å². The molecule has 1 aliphatic rings. The van der Waals surface area contributed by atoms with Crippen LogP contribution in [0.5, 0.6) is 0 Å². The average molecular weight is 370 g/mol. The van der Waals surface area contributed by atoms with Crippen LogP contribution in [-0.2, 0) is 11.2 Å². The number of carbonyl (C=O) groups is 1. The summed E-state index contributed by atoms with van der Waals surface area (Å²) in [6.07, 6.45) is 2.04. The zero-order chi connectivity index (χ0) is 13.9. The molecule has 1 aliphatic heterocycles. The Kier molecular flexibility index (Phi) is 4.38. The monoisotopic (exact) mass is 369 g/mol. The highest BCUT2D eigenvalue weighted by atomic mass is 79.9. The number of hydrogen-bond donors (Lipinski definition) is 0. The highest BCUT2D eigenvalue weighted by Gasteiger charge is 2.22. The number of rotatable bonds is 3. The molecular formula is C13H12BrN3OS2. The molecule has 1 amide bonds. The third kappa shape index (κ3) is 3.05. The van der Waals surface area contributed by atoms with Crippen LogP contribution in [-0.4, -0.2) is 28.4 Å². The largest absolute Gasteiger partial charge is 0.311 e. The topological polar surface area (TPSA) is 46.1 Å². The quantitative estimate of drug-likeness (QED) is 0.778. The van der Waals surface area contributed by atoms with Gasteiger partial charge < -0.3 is 4.90 Å². The van der Waals surface area contributed by atoms with Gasteiger partial charge >= 0.3 is 0 Å². The number of thioether (sulfide) groups is 1. The van der Waals surface area contributed by atoms with Gasteiger partial charge in [0, 0.05) is 16.7 Å². The molecule has 20 heavy (non-hydrogen) atoms. The van der Waals surface area contributed by atoms with E-state index in [4.69, 9.17) is 0 Å². The molecule has 1 aromatic carbocycles. The summed E-state index contributed by atoms with van der Waals surface area (Å²) in [7, 11) is 0. The summed E-state index contributed by atoms with van der Waals surface area (Å²) in [5.74, 6) is 0.540. The fourth-order valence-electron chi connectivity index (χ4n) is 2.25. The number of amides is 1. The molecule has 0 atom stereocenters. The molecule has 4 nitrogen and oxygen atoms in total. The van der Waals surface area contributed by atoms with Gasteiger partial charge in [-0.2, -0.15) is 0 Å². The lowest BCUT2D eigenvalue weighted by Crippen LogP contribution is -2.36. The lowest BCUT2D eigenvalue weighted by molar-refractivity contribution is -0.116. The Hall–Kier alpha value is -0.920. The van der Waals surface area contributed by atoms with E-state index < -0.39 is 0 Å². The van der Waals surface area contributed by atoms with E-state index in [1.165, 1.54) is 28.7 Å². The number of nitrogens with zero attached hydrogens (tertiary/aromatic N) is 3. The number of anilines is 1. The van der Waals surface area contributed by atoms with Gasteiger partial charge in [0.15, 0.2) is 4.34 Å². The van der Waals surface area contributed by atoms with E-state index in [0.717, 1.165) is 33.9 Å². The van der Waals surface area contributed by atoms with E-state index in [9.17, 15) is 4.79 Å². The molecule has 0 unspecified atom stereocenters. The lowest BCUT2D eigenvalue weighted by atomic mass is 10.0. The van der Waals surface area contributed by atoms with Crippen LogP contribution >= 0.6 is 39.0 Å². The normalized spacial score (nSPS) is 14.2. The molecule has 0 saturated heterocycles. The summed E-state index contributed by atoms with van der Waals surface area (Å²) in [5.41, 5.74) is 3.96. The minimum Gasteiger partial charge on any atom is -0.311 e. The number of carbonyl (C=O) groups excluding carboxylic acids is 1. The first kappa shape index (κ1) is 14.0. The van der Waals surface area contributed by atoms with Crippen molar-refractivity contribution in [1.82, 2.24) is 10.2 Å². The maximum Gasteiger partial charge on any atom is 0.237 e. The van der Waals surface area contributed by atoms with E-state index in [1.807, 2.05) is 17.0 Å². The summed E-state index contributed by atoms with van der Waals surface area (Å²) in [6.45, 7) is 0.796. The first-order chi connectivity index (χ1) is 9.74. The third-order valence-corrected chi connectivity index (χ3v) is 5.46. The Balaban J connectivity index is 1.73. The molecule has 0 bridgehead atoms. The van der Waals surface area contributed by atoms with Crippen molar-refractivity contribution in [2.45, 2.75) is 17.2 Å². The molecular weight excluding hydrogens is 358 g/mol. The van der Waals surface area contributed by atoms with Gasteiger partial charge in [-0.1, -0.05) is 39.0 Å². The van der Waals surface area contributed by atoms with Crippen LogP contribution in [0, 0.1) is 0 Å². The zero-order valence-corrected chi connectivity index (χ0v) is 13.8. The van der Waals surface area contributed by atoms with Crippen LogP contribution in [0.25, 0.3) is 0 Å². The summed E-state index contributed by atoms with van der Waals surface area (Å²) < 4.78 is 1.90. The predicted octanol–water partition coefficient (Wildman–Crippen LogP) is 3.37. The number of benzene rings is 1. The van der Waals surface area contributed by atoms with Gasteiger partial charge in [0.25, 0.3) is 0 Å². The van der Waals surface area contributed by atoms with E-state index in [2.05, 4.69) is 32.2 Å². The highest BCUT2D eigenvalue weighted by Crippen LogP contribution is 2.30. The molecule has 3 rings (SSSR count). The summed E-state index contributed by atoms with van der Waals surface area (Å²) in [5, 5.41) is 7.72. The van der Waals surface area contributed by atoms with Crippen molar-refractivity contribution in [2.24, 2.45) is 0 Å². The second kappa shape index (κ2) is 6.24. The maximum absolute atomic E-state index is 12.4. The van der Waals surface area contributed by atoms with Gasteiger partial charge in [-0.25, -0.2) is 0 Å². The van der Waals surface area contributed by atoms with Crippen LogP contribution in [0.2, 0.25) is 0 Å². The second-order valence-electron chi connectivity index (χ2n) is 4.42. The minimum atomic E-state index is 0.133. The van der Waals surface area contributed by atoms with E-state index in [-0.39, 0.29) is 5.91 Å². The predicted molar refractivity (Wildman–Crippen MR) is 85.4 cm³/mol. The Morgan fingerprint density at radius 2 is 2.40 bits per heavy atom. The molecule has 0 N–H and O–H groups in total. The summed E-state index contributed by atoms with van der Waals surface area (Å²) in [4.78, 5) is 14.3. The van der Waals surface area contributed by atoms with Gasteiger partial charge in [0.2, 0.25) is 5.91 Å². The number of hydrogen-bond acceptors (Lipinski definition) is 5. The molecule has 2 aromatic rings. The smallest absolute Gasteiger partial charge is 0.237 e. The Morgan fingerprint density at radius 1 is 1.50 bits per heavy atom. The average Bonchev–Trinajstić information content (AvgIpc) is 2.97. The van der Waals surface area contributed by atoms with Crippen LogP contribution in [0.3, 0.4) is 0 Å². The van der Waals surface area contributed by atoms with E-state index in [1.54, 1.807) is 5.51 Å². The standard InChI is InChI=1S/C13H12BrN3OS2/c14-10-3-4-11-9(6-10)2-1-5-17(11)12(18)7-19-13-16-15-8-20-13/h3-4,6,8H,1-2,5,7H2. The van der Waals surface area contributed by atoms with Crippen molar-refractivity contribution >= 4 is 50.6 Å². The summed E-state index contributed by atoms with van der Waals surface area (Å²) >= 11 is 6.40. The zero-order valence-electron chi connectivity index (χ0n) is 10.6. The van der Waals surface area contributed by atoms with Gasteiger partial charge in [-0.3, -0.25) is 4.79 Å². The molecule has 2 heterocycles. The highest BCUT2D eigenvalue weighted by molar-refractivity contribution is 9.10. The van der Waals surface area contributed by atoms with Gasteiger partial charge in [0.05, 0.1) is 5.75 Å². The number of aromatic nitrogens is 2. The molecule has 0 radical (unpaired) electrons. The van der Waals surface area contributed by atoms with Crippen molar-refractivity contribution in [3.8, 4) is 0 Å². The molecule has 0 saturated carbocycles. The minimum absolute atomic E-state index is 0.133. The van der Waals surface area contributed by atoms with Crippen LogP contribution in [0.1, 0.15) is 12.0 Å². The van der Waals surface area contributed by atoms with Gasteiger partial charge in [-0.15, -0.1) is 10.2 Å². The number of aryl methyl sites for hydroxylation is 1. The maximum atomic E-state index is 12.4. The Labute approximate surface area is 133 Å². The van der Waals surface area contributed by atoms with Crippen LogP contribution in [0.15, 0.2) is 32.5 Å². The second-order valence-corrected chi connectivity index (χ2v) is 7.39. The van der Waals surface area contributed by atoms with Crippen molar-refractivity contribution < 1.29 is 4.79 Å². The first-order valence-corrected chi connectivity index (χ1v) is 8.87. The van der Waals surface area contributed by atoms with Gasteiger partial charge in [0.1, 0.15) is 5.51 Å². The summed E-state index contributed by atoms with van der Waals surface area (Å²) in [6, 6.07) is 6.11. The van der Waals surface area contributed by atoms with Crippen LogP contribution < -0.4 is 4.90 Å². The van der Waals surface area contributed by atoms with Crippen molar-refractivity contribution in [3.05, 3.63) is 33.7 Å². The molecule has 0 spiro atoms. The fraction of sp³-hybridized carbons (Fsp3) is 0.308. The van der Waals surface area contributed by atoms with Crippen molar-refractivity contribution in [1.29, 1.82) is 0 Å². The van der Waals surface area contributed by atoms with Gasteiger partial charge in [-0.05, 0) is 36.6 Å². The molecule has 7 heteroatoms. The molecule has 0 aliphatic carbocycles. The Morgan fingerprint density at radius 3 is 3.20 bits per heavy atom. The molecule has 0 fully saturated rings.